The van der Waals surface area contributed by atoms with Gasteiger partial charge in [-0.05, 0) is 101 Å². The van der Waals surface area contributed by atoms with Gasteiger partial charge in [0.2, 0.25) is 0 Å². The maximum Gasteiger partial charge on any atom is 0.0159 e. The highest BCUT2D eigenvalue weighted by Crippen LogP contribution is 2.54. The van der Waals surface area contributed by atoms with Gasteiger partial charge in [0.1, 0.15) is 0 Å². The molecule has 0 amide bonds. The number of benzene rings is 7. The molecule has 0 atom stereocenters. The van der Waals surface area contributed by atoms with E-state index < -0.39 is 0 Å². The van der Waals surface area contributed by atoms with Crippen molar-refractivity contribution < 1.29 is 0 Å². The summed E-state index contributed by atoms with van der Waals surface area (Å²) in [6.45, 7) is 4.77. The number of rotatable bonds is 3. The summed E-state index contributed by atoms with van der Waals surface area (Å²) in [4.78, 5) is 1.28. The predicted molar refractivity (Wildman–Crippen MR) is 179 cm³/mol. The van der Waals surface area contributed by atoms with Crippen LogP contribution in [0, 0.1) is 0 Å². The van der Waals surface area contributed by atoms with Crippen molar-refractivity contribution in [3.8, 4) is 33.4 Å². The Hall–Kier alpha value is -4.33. The van der Waals surface area contributed by atoms with Gasteiger partial charge in [0.15, 0.2) is 0 Å². The first-order valence-electron chi connectivity index (χ1n) is 14.3. The van der Waals surface area contributed by atoms with Gasteiger partial charge in [-0.1, -0.05) is 123 Å². The minimum absolute atomic E-state index is 0.0741. The largest absolute Gasteiger partial charge is 0.130 e. The summed E-state index contributed by atoms with van der Waals surface area (Å²) in [6, 6.07) is 47.5. The van der Waals surface area contributed by atoms with Crippen LogP contribution in [0.1, 0.15) is 25.0 Å². The number of fused-ring (bicyclic) bond motifs is 7. The lowest BCUT2D eigenvalue weighted by molar-refractivity contribution is 0.661. The molecule has 8 rings (SSSR count). The average molecular weight is 543 g/mol. The van der Waals surface area contributed by atoms with E-state index in [1.165, 1.54) is 81.7 Å². The maximum atomic E-state index is 2.51. The Morgan fingerprint density at radius 3 is 1.51 bits per heavy atom. The average Bonchev–Trinajstić information content (AvgIpc) is 3.26. The van der Waals surface area contributed by atoms with Crippen LogP contribution in [0.25, 0.3) is 65.7 Å². The molecule has 7 aromatic carbocycles. The topological polar surface area (TPSA) is 0 Å². The van der Waals surface area contributed by atoms with Crippen molar-refractivity contribution >= 4 is 44.1 Å². The molecule has 0 unspecified atom stereocenters. The van der Waals surface area contributed by atoms with E-state index in [1.807, 2.05) is 0 Å². The lowest BCUT2D eigenvalue weighted by atomic mass is 9.79. The van der Waals surface area contributed by atoms with Crippen LogP contribution in [0.15, 0.2) is 132 Å². The fraction of sp³-hybridized carbons (Fsp3) is 0.100. The molecule has 0 aromatic heterocycles. The van der Waals surface area contributed by atoms with E-state index in [-0.39, 0.29) is 5.41 Å². The second-order valence-electron chi connectivity index (χ2n) is 11.6. The van der Waals surface area contributed by atoms with Gasteiger partial charge in [-0.15, -0.1) is 11.8 Å². The smallest absolute Gasteiger partial charge is 0.0159 e. The standard InChI is InChI=1S/C40H30S/c1-40(2)35-19-11-10-18-33(35)39-28-13-5-4-12-27(28)34(24-36(39)40)38-31-16-8-6-14-29(31)37(30-15-7-9-17-32(30)38)25-20-22-26(41-3)23-21-25/h4-24H,1-3H3. The van der Waals surface area contributed by atoms with E-state index in [4.69, 9.17) is 0 Å². The summed E-state index contributed by atoms with van der Waals surface area (Å²) >= 11 is 1.79. The third-order valence-electron chi connectivity index (χ3n) is 9.17. The molecule has 7 aromatic rings. The third-order valence-corrected chi connectivity index (χ3v) is 9.91. The zero-order valence-electron chi connectivity index (χ0n) is 23.5. The Morgan fingerprint density at radius 1 is 0.439 bits per heavy atom. The van der Waals surface area contributed by atoms with Gasteiger partial charge < -0.3 is 0 Å². The molecular formula is C40H30S. The molecule has 0 N–H and O–H groups in total. The molecule has 0 fully saturated rings. The first-order chi connectivity index (χ1) is 20.1. The Bertz CT molecular complexity index is 2090. The minimum atomic E-state index is -0.0741. The second kappa shape index (κ2) is 9.09. The molecule has 196 valence electrons. The van der Waals surface area contributed by atoms with Crippen molar-refractivity contribution in [2.75, 3.05) is 6.26 Å². The summed E-state index contributed by atoms with van der Waals surface area (Å²) < 4.78 is 0. The molecule has 41 heavy (non-hydrogen) atoms. The van der Waals surface area contributed by atoms with Gasteiger partial charge >= 0.3 is 0 Å². The lowest BCUT2D eigenvalue weighted by Gasteiger charge is -2.24. The summed E-state index contributed by atoms with van der Waals surface area (Å²) in [5, 5.41) is 7.84. The summed E-state index contributed by atoms with van der Waals surface area (Å²) in [7, 11) is 0. The summed E-state index contributed by atoms with van der Waals surface area (Å²) in [5.74, 6) is 0. The van der Waals surface area contributed by atoms with E-state index in [0.717, 1.165) is 0 Å². The fourth-order valence-electron chi connectivity index (χ4n) is 7.24. The Morgan fingerprint density at radius 2 is 0.927 bits per heavy atom. The van der Waals surface area contributed by atoms with Crippen LogP contribution in [0.4, 0.5) is 0 Å². The number of thioether (sulfide) groups is 1. The van der Waals surface area contributed by atoms with Gasteiger partial charge in [0.25, 0.3) is 0 Å². The molecule has 0 radical (unpaired) electrons. The molecule has 0 spiro atoms. The fourth-order valence-corrected chi connectivity index (χ4v) is 7.65. The zero-order chi connectivity index (χ0) is 27.7. The first-order valence-corrected chi connectivity index (χ1v) is 15.5. The summed E-state index contributed by atoms with van der Waals surface area (Å²) in [6.07, 6.45) is 2.13. The van der Waals surface area contributed by atoms with Crippen LogP contribution in [0.3, 0.4) is 0 Å². The highest BCUT2D eigenvalue weighted by Gasteiger charge is 2.37. The first kappa shape index (κ1) is 24.5. The Balaban J connectivity index is 1.53. The van der Waals surface area contributed by atoms with Gasteiger partial charge in [0.05, 0.1) is 0 Å². The van der Waals surface area contributed by atoms with Crippen molar-refractivity contribution in [1.29, 1.82) is 0 Å². The van der Waals surface area contributed by atoms with Crippen LogP contribution in [0.2, 0.25) is 0 Å². The van der Waals surface area contributed by atoms with Gasteiger partial charge in [-0.3, -0.25) is 0 Å². The van der Waals surface area contributed by atoms with Crippen LogP contribution in [-0.2, 0) is 5.41 Å². The molecule has 0 bridgehead atoms. The SMILES string of the molecule is CSc1ccc(-c2c3ccccc3c(-c3cc4c(c5ccccc35)-c3ccccc3C4(C)C)c3ccccc23)cc1. The van der Waals surface area contributed by atoms with Crippen LogP contribution >= 0.6 is 11.8 Å². The van der Waals surface area contributed by atoms with Crippen molar-refractivity contribution in [3.63, 3.8) is 0 Å². The van der Waals surface area contributed by atoms with Crippen LogP contribution < -0.4 is 0 Å². The Kier molecular flexibility index (Phi) is 5.43. The molecule has 0 aliphatic heterocycles. The predicted octanol–water partition coefficient (Wildman–Crippen LogP) is 11.5. The highest BCUT2D eigenvalue weighted by molar-refractivity contribution is 7.98. The van der Waals surface area contributed by atoms with Gasteiger partial charge in [-0.25, -0.2) is 0 Å². The van der Waals surface area contributed by atoms with Crippen molar-refractivity contribution in [2.24, 2.45) is 0 Å². The van der Waals surface area contributed by atoms with E-state index in [1.54, 1.807) is 11.8 Å². The second-order valence-corrected chi connectivity index (χ2v) is 12.5. The third kappa shape index (κ3) is 3.49. The summed E-state index contributed by atoms with van der Waals surface area (Å²) in [5.41, 5.74) is 10.7. The molecule has 1 aliphatic carbocycles. The van der Waals surface area contributed by atoms with Gasteiger partial charge in [0, 0.05) is 10.3 Å². The number of hydrogen-bond donors (Lipinski definition) is 0. The van der Waals surface area contributed by atoms with Gasteiger partial charge in [-0.2, -0.15) is 0 Å². The maximum absolute atomic E-state index is 2.51. The minimum Gasteiger partial charge on any atom is -0.130 e. The van der Waals surface area contributed by atoms with E-state index >= 15 is 0 Å². The molecule has 0 saturated carbocycles. The van der Waals surface area contributed by atoms with E-state index in [9.17, 15) is 0 Å². The molecule has 0 heterocycles. The van der Waals surface area contributed by atoms with Crippen molar-refractivity contribution in [2.45, 2.75) is 24.2 Å². The zero-order valence-corrected chi connectivity index (χ0v) is 24.3. The lowest BCUT2D eigenvalue weighted by Crippen LogP contribution is -2.15. The monoisotopic (exact) mass is 542 g/mol. The van der Waals surface area contributed by atoms with Crippen molar-refractivity contribution in [1.82, 2.24) is 0 Å². The van der Waals surface area contributed by atoms with E-state index in [2.05, 4.69) is 147 Å². The molecule has 1 heteroatoms. The molecule has 0 nitrogen and oxygen atoms in total. The molecular weight excluding hydrogens is 513 g/mol. The Labute approximate surface area is 245 Å². The highest BCUT2D eigenvalue weighted by atomic mass is 32.2. The van der Waals surface area contributed by atoms with E-state index in [0.29, 0.717) is 0 Å². The number of hydrogen-bond acceptors (Lipinski definition) is 1. The van der Waals surface area contributed by atoms with Crippen molar-refractivity contribution in [3.05, 3.63) is 139 Å². The normalized spacial score (nSPS) is 13.5. The molecule has 0 saturated heterocycles. The van der Waals surface area contributed by atoms with Crippen LogP contribution in [-0.4, -0.2) is 6.26 Å². The quantitative estimate of drug-likeness (QED) is 0.158. The molecule has 1 aliphatic rings. The van der Waals surface area contributed by atoms with Crippen LogP contribution in [0.5, 0.6) is 0 Å².